The summed E-state index contributed by atoms with van der Waals surface area (Å²) in [5.74, 6) is 0.239. The van der Waals surface area contributed by atoms with Gasteiger partial charge < -0.3 is 14.6 Å². The molecule has 0 unspecified atom stereocenters. The highest BCUT2D eigenvalue weighted by Crippen LogP contribution is 2.48. The van der Waals surface area contributed by atoms with Crippen LogP contribution in [0.25, 0.3) is 0 Å². The van der Waals surface area contributed by atoms with Crippen LogP contribution in [-0.4, -0.2) is 16.9 Å². The number of hydrogen-bond acceptors (Lipinski definition) is 3. The van der Waals surface area contributed by atoms with Crippen molar-refractivity contribution in [1.82, 2.24) is 0 Å². The van der Waals surface area contributed by atoms with Crippen LogP contribution >= 0.6 is 15.9 Å². The Kier molecular flexibility index (Phi) is 3.17. The molecular weight excluding hydrogens is 312 g/mol. The maximum atomic E-state index is 10.7. The second kappa shape index (κ2) is 4.71. The molecule has 0 amide bonds. The highest BCUT2D eigenvalue weighted by molar-refractivity contribution is 9.10. The molecule has 0 radical (unpaired) electrons. The van der Waals surface area contributed by atoms with Crippen molar-refractivity contribution in [2.45, 2.75) is 44.3 Å². The number of aliphatic carboxylic acids is 1. The van der Waals surface area contributed by atoms with E-state index in [0.717, 1.165) is 47.2 Å². The number of fused-ring (bicyclic) bond motifs is 1. The van der Waals surface area contributed by atoms with E-state index in [2.05, 4.69) is 15.9 Å². The molecule has 19 heavy (non-hydrogen) atoms. The maximum absolute atomic E-state index is 10.7. The fraction of sp³-hybridized carbons (Fsp3) is 0.500. The molecule has 1 N–H and O–H groups in total. The standard InChI is InChI=1S/C14H15BrO4/c15-10-8-12-11(7-9(10)3-4-13(16)17)18-14(19-12)5-1-2-6-14/h7-8H,1-6H2,(H,16,17). The molecule has 102 valence electrons. The Morgan fingerprint density at radius 2 is 1.89 bits per heavy atom. The van der Waals surface area contributed by atoms with Crippen LogP contribution in [0.2, 0.25) is 0 Å². The zero-order chi connectivity index (χ0) is 13.5. The number of carbonyl (C=O) groups is 1. The van der Waals surface area contributed by atoms with Crippen molar-refractivity contribution in [3.05, 3.63) is 22.2 Å². The summed E-state index contributed by atoms with van der Waals surface area (Å²) in [4.78, 5) is 10.7. The summed E-state index contributed by atoms with van der Waals surface area (Å²) in [5, 5.41) is 8.76. The summed E-state index contributed by atoms with van der Waals surface area (Å²) in [6.07, 6.45) is 4.69. The Morgan fingerprint density at radius 1 is 1.26 bits per heavy atom. The molecule has 2 aliphatic rings. The number of ether oxygens (including phenoxy) is 2. The minimum absolute atomic E-state index is 0.114. The largest absolute Gasteiger partial charge is 0.481 e. The molecule has 1 fully saturated rings. The van der Waals surface area contributed by atoms with Crippen LogP contribution in [0, 0.1) is 0 Å². The van der Waals surface area contributed by atoms with Crippen LogP contribution in [0.5, 0.6) is 11.5 Å². The quantitative estimate of drug-likeness (QED) is 0.923. The molecule has 0 bridgehead atoms. The van der Waals surface area contributed by atoms with Crippen molar-refractivity contribution in [2.24, 2.45) is 0 Å². The number of aryl methyl sites for hydroxylation is 1. The maximum Gasteiger partial charge on any atom is 0.303 e. The first kappa shape index (κ1) is 12.8. The van der Waals surface area contributed by atoms with Gasteiger partial charge in [0, 0.05) is 23.7 Å². The monoisotopic (exact) mass is 326 g/mol. The molecule has 1 aliphatic heterocycles. The first-order chi connectivity index (χ1) is 9.08. The van der Waals surface area contributed by atoms with Gasteiger partial charge in [-0.1, -0.05) is 15.9 Å². The van der Waals surface area contributed by atoms with Crippen molar-refractivity contribution in [3.8, 4) is 11.5 Å². The van der Waals surface area contributed by atoms with Gasteiger partial charge in [0.2, 0.25) is 0 Å². The van der Waals surface area contributed by atoms with Gasteiger partial charge in [0.25, 0.3) is 5.79 Å². The van der Waals surface area contributed by atoms with Crippen molar-refractivity contribution in [1.29, 1.82) is 0 Å². The summed E-state index contributed by atoms with van der Waals surface area (Å²) in [6.45, 7) is 0. The zero-order valence-corrected chi connectivity index (χ0v) is 12.0. The molecule has 1 heterocycles. The van der Waals surface area contributed by atoms with E-state index in [4.69, 9.17) is 14.6 Å². The van der Waals surface area contributed by atoms with Gasteiger partial charge >= 0.3 is 5.97 Å². The van der Waals surface area contributed by atoms with E-state index in [1.54, 1.807) is 0 Å². The third-order valence-corrected chi connectivity index (χ3v) is 4.42. The highest BCUT2D eigenvalue weighted by atomic mass is 79.9. The molecule has 1 aromatic carbocycles. The lowest BCUT2D eigenvalue weighted by molar-refractivity contribution is -0.136. The molecular formula is C14H15BrO4. The van der Waals surface area contributed by atoms with Gasteiger partial charge in [-0.15, -0.1) is 0 Å². The van der Waals surface area contributed by atoms with Gasteiger partial charge in [0.1, 0.15) is 0 Å². The summed E-state index contributed by atoms with van der Waals surface area (Å²) >= 11 is 3.47. The Balaban J connectivity index is 1.83. The topological polar surface area (TPSA) is 55.8 Å². The zero-order valence-electron chi connectivity index (χ0n) is 10.4. The predicted molar refractivity (Wildman–Crippen MR) is 72.6 cm³/mol. The van der Waals surface area contributed by atoms with Gasteiger partial charge in [-0.25, -0.2) is 0 Å². The molecule has 4 nitrogen and oxygen atoms in total. The Morgan fingerprint density at radius 3 is 2.53 bits per heavy atom. The lowest BCUT2D eigenvalue weighted by atomic mass is 10.1. The number of halogens is 1. The smallest absolute Gasteiger partial charge is 0.303 e. The summed E-state index contributed by atoms with van der Waals surface area (Å²) in [6, 6.07) is 3.79. The molecule has 1 spiro atoms. The predicted octanol–water partition coefficient (Wildman–Crippen LogP) is 3.51. The van der Waals surface area contributed by atoms with Crippen LogP contribution in [0.3, 0.4) is 0 Å². The number of benzene rings is 1. The minimum Gasteiger partial charge on any atom is -0.481 e. The molecule has 5 heteroatoms. The summed E-state index contributed by atoms with van der Waals surface area (Å²) in [7, 11) is 0. The molecule has 0 aromatic heterocycles. The SMILES string of the molecule is O=C(O)CCc1cc2c(cc1Br)OC1(CCCC1)O2. The number of carboxylic acid groups (broad SMARTS) is 1. The summed E-state index contributed by atoms with van der Waals surface area (Å²) in [5.41, 5.74) is 0.944. The van der Waals surface area contributed by atoms with E-state index < -0.39 is 11.8 Å². The summed E-state index contributed by atoms with van der Waals surface area (Å²) < 4.78 is 12.8. The molecule has 3 rings (SSSR count). The van der Waals surface area contributed by atoms with Crippen molar-refractivity contribution in [2.75, 3.05) is 0 Å². The average molecular weight is 327 g/mol. The number of rotatable bonds is 3. The fourth-order valence-corrected chi connectivity index (χ4v) is 3.23. The first-order valence-electron chi connectivity index (χ1n) is 6.50. The van der Waals surface area contributed by atoms with E-state index >= 15 is 0 Å². The van der Waals surface area contributed by atoms with Crippen LogP contribution in [-0.2, 0) is 11.2 Å². The van der Waals surface area contributed by atoms with Crippen molar-refractivity contribution in [3.63, 3.8) is 0 Å². The Labute approximate surface area is 119 Å². The molecule has 1 aliphatic carbocycles. The van der Waals surface area contributed by atoms with Gasteiger partial charge in [-0.2, -0.15) is 0 Å². The van der Waals surface area contributed by atoms with Crippen LogP contribution in [0.1, 0.15) is 37.7 Å². The lowest BCUT2D eigenvalue weighted by Gasteiger charge is -2.21. The second-order valence-electron chi connectivity index (χ2n) is 5.11. The van der Waals surface area contributed by atoms with Crippen molar-refractivity contribution < 1.29 is 19.4 Å². The van der Waals surface area contributed by atoms with Gasteiger partial charge in [0.15, 0.2) is 11.5 Å². The average Bonchev–Trinajstić information content (AvgIpc) is 2.93. The lowest BCUT2D eigenvalue weighted by Crippen LogP contribution is -2.34. The van der Waals surface area contributed by atoms with Crippen LogP contribution in [0.15, 0.2) is 16.6 Å². The second-order valence-corrected chi connectivity index (χ2v) is 5.96. The molecule has 1 saturated carbocycles. The third kappa shape index (κ3) is 2.43. The van der Waals surface area contributed by atoms with Crippen LogP contribution in [0.4, 0.5) is 0 Å². The highest BCUT2D eigenvalue weighted by Gasteiger charge is 2.44. The fourth-order valence-electron chi connectivity index (χ4n) is 2.71. The van der Waals surface area contributed by atoms with E-state index in [1.807, 2.05) is 12.1 Å². The third-order valence-electron chi connectivity index (χ3n) is 3.68. The Bertz CT molecular complexity index is 520. The van der Waals surface area contributed by atoms with E-state index in [0.29, 0.717) is 6.42 Å². The van der Waals surface area contributed by atoms with E-state index in [9.17, 15) is 4.79 Å². The van der Waals surface area contributed by atoms with Crippen molar-refractivity contribution >= 4 is 21.9 Å². The van der Waals surface area contributed by atoms with E-state index in [1.165, 1.54) is 0 Å². The normalized spacial score (nSPS) is 19.0. The van der Waals surface area contributed by atoms with E-state index in [-0.39, 0.29) is 6.42 Å². The molecule has 0 saturated heterocycles. The van der Waals surface area contributed by atoms with Gasteiger partial charge in [-0.3, -0.25) is 4.79 Å². The number of carboxylic acids is 1. The first-order valence-corrected chi connectivity index (χ1v) is 7.30. The molecule has 0 atom stereocenters. The van der Waals surface area contributed by atoms with Crippen LogP contribution < -0.4 is 9.47 Å². The number of hydrogen-bond donors (Lipinski definition) is 1. The van der Waals surface area contributed by atoms with Gasteiger partial charge in [0.05, 0.1) is 0 Å². The Hall–Kier alpha value is -1.23. The van der Waals surface area contributed by atoms with Gasteiger partial charge in [-0.05, 0) is 37.0 Å². The minimum atomic E-state index is -0.795. The molecule has 1 aromatic rings.